The second kappa shape index (κ2) is 11.2. The Morgan fingerprint density at radius 2 is 1.78 bits per heavy atom. The second-order valence-electron chi connectivity index (χ2n) is 11.6. The molecule has 0 unspecified atom stereocenters. The summed E-state index contributed by atoms with van der Waals surface area (Å²) >= 11 is 0. The topological polar surface area (TPSA) is 83.5 Å². The third-order valence-corrected chi connectivity index (χ3v) is 9.07. The summed E-state index contributed by atoms with van der Waals surface area (Å²) in [6.45, 7) is 2.43. The largest absolute Gasteiger partial charge is 0.322 e. The lowest BCUT2D eigenvalue weighted by Crippen LogP contribution is -2.64. The highest BCUT2D eigenvalue weighted by Gasteiger charge is 2.46. The van der Waals surface area contributed by atoms with Gasteiger partial charge in [-0.2, -0.15) is 0 Å². The standard InChI is InChI=1S/C32H35F2N5O2/c33-24-9-10-27(34)26(18-24)29-19-25(35)12-15-39(29)31(41)37-16-17-38(32(21-37)13-4-5-14-32)20-23-8-11-28(36-30(23)40)22-6-2-1-3-7-22/h1-3,6-11,18,29,35H,4-5,12-17,19-21H2,(H,36,40)/t29-/m0/s1. The van der Waals surface area contributed by atoms with Crippen LogP contribution in [-0.2, 0) is 6.54 Å². The number of carbonyl (C=O) groups is 1. The summed E-state index contributed by atoms with van der Waals surface area (Å²) in [6, 6.07) is 16.0. The molecule has 1 spiro atoms. The van der Waals surface area contributed by atoms with Crippen LogP contribution in [0.2, 0.25) is 0 Å². The Balaban J connectivity index is 1.21. The zero-order valence-corrected chi connectivity index (χ0v) is 23.0. The van der Waals surface area contributed by atoms with Gasteiger partial charge in [0.05, 0.1) is 6.04 Å². The number of benzene rings is 2. The maximum atomic E-state index is 14.8. The number of carbonyl (C=O) groups excluding carboxylic acids is 1. The van der Waals surface area contributed by atoms with Crippen LogP contribution >= 0.6 is 0 Å². The van der Waals surface area contributed by atoms with E-state index in [2.05, 4.69) is 9.88 Å². The van der Waals surface area contributed by atoms with E-state index in [1.165, 1.54) is 0 Å². The van der Waals surface area contributed by atoms with Crippen molar-refractivity contribution in [1.29, 1.82) is 5.41 Å². The molecular formula is C32H35F2N5O2. The first-order chi connectivity index (χ1) is 19.8. The number of nitrogens with zero attached hydrogens (tertiary/aromatic N) is 3. The van der Waals surface area contributed by atoms with Crippen molar-refractivity contribution in [3.05, 3.63) is 93.8 Å². The molecule has 1 aromatic heterocycles. The van der Waals surface area contributed by atoms with Gasteiger partial charge in [0.2, 0.25) is 0 Å². The van der Waals surface area contributed by atoms with E-state index in [0.717, 1.165) is 55.1 Å². The maximum absolute atomic E-state index is 14.8. The molecule has 9 heteroatoms. The summed E-state index contributed by atoms with van der Waals surface area (Å²) in [4.78, 5) is 35.9. The van der Waals surface area contributed by atoms with Crippen LogP contribution in [-0.4, -0.2) is 63.1 Å². The molecule has 2 aromatic carbocycles. The molecule has 1 atom stereocenters. The Hall–Kier alpha value is -3.85. The molecule has 2 amide bonds. The molecule has 1 aliphatic carbocycles. The average Bonchev–Trinajstić information content (AvgIpc) is 3.45. The van der Waals surface area contributed by atoms with Crippen LogP contribution in [0.1, 0.15) is 55.7 Å². The molecule has 3 fully saturated rings. The fourth-order valence-electron chi connectivity index (χ4n) is 6.87. The van der Waals surface area contributed by atoms with Crippen molar-refractivity contribution in [1.82, 2.24) is 19.7 Å². The van der Waals surface area contributed by atoms with E-state index in [1.807, 2.05) is 47.4 Å². The molecule has 2 aliphatic heterocycles. The van der Waals surface area contributed by atoms with E-state index in [9.17, 15) is 18.4 Å². The van der Waals surface area contributed by atoms with Crippen molar-refractivity contribution >= 4 is 11.7 Å². The number of H-pyrrole nitrogens is 1. The highest BCUT2D eigenvalue weighted by molar-refractivity contribution is 5.86. The molecule has 3 aliphatic rings. The minimum absolute atomic E-state index is 0.103. The Morgan fingerprint density at radius 1 is 1.00 bits per heavy atom. The summed E-state index contributed by atoms with van der Waals surface area (Å²) in [6.07, 6.45) is 4.59. The van der Waals surface area contributed by atoms with E-state index in [0.29, 0.717) is 50.4 Å². The molecule has 2 N–H and O–H groups in total. The number of hydrogen-bond acceptors (Lipinski definition) is 4. The van der Waals surface area contributed by atoms with Crippen LogP contribution in [0.15, 0.2) is 65.5 Å². The number of hydrogen-bond donors (Lipinski definition) is 2. The van der Waals surface area contributed by atoms with Crippen molar-refractivity contribution in [3.8, 4) is 11.3 Å². The summed E-state index contributed by atoms with van der Waals surface area (Å²) < 4.78 is 28.9. The summed E-state index contributed by atoms with van der Waals surface area (Å²) in [7, 11) is 0. The van der Waals surface area contributed by atoms with E-state index in [4.69, 9.17) is 5.41 Å². The fourth-order valence-corrected chi connectivity index (χ4v) is 6.87. The number of likely N-dealkylation sites (tertiary alicyclic amines) is 1. The normalized spacial score (nSPS) is 21.0. The molecule has 3 aromatic rings. The molecule has 41 heavy (non-hydrogen) atoms. The van der Waals surface area contributed by atoms with Crippen LogP contribution in [0.3, 0.4) is 0 Å². The lowest BCUT2D eigenvalue weighted by molar-refractivity contribution is 0.000104. The number of piperazine rings is 1. The number of urea groups is 1. The van der Waals surface area contributed by atoms with Gasteiger partial charge in [-0.3, -0.25) is 9.69 Å². The van der Waals surface area contributed by atoms with Gasteiger partial charge < -0.3 is 20.2 Å². The molecule has 2 saturated heterocycles. The van der Waals surface area contributed by atoms with Gasteiger partial charge >= 0.3 is 6.03 Å². The Morgan fingerprint density at radius 3 is 2.54 bits per heavy atom. The third-order valence-electron chi connectivity index (χ3n) is 9.07. The first-order valence-electron chi connectivity index (χ1n) is 14.4. The zero-order chi connectivity index (χ0) is 28.6. The number of halogens is 2. The molecule has 0 radical (unpaired) electrons. The third kappa shape index (κ3) is 5.43. The highest BCUT2D eigenvalue weighted by atomic mass is 19.1. The van der Waals surface area contributed by atoms with Crippen molar-refractivity contribution in [3.63, 3.8) is 0 Å². The first kappa shape index (κ1) is 27.3. The van der Waals surface area contributed by atoms with Gasteiger partial charge in [-0.05, 0) is 42.7 Å². The number of aromatic amines is 1. The minimum Gasteiger partial charge on any atom is -0.322 e. The predicted molar refractivity (Wildman–Crippen MR) is 154 cm³/mol. The lowest BCUT2D eigenvalue weighted by Gasteiger charge is -2.51. The number of amides is 2. The van der Waals surface area contributed by atoms with Crippen molar-refractivity contribution < 1.29 is 13.6 Å². The molecule has 0 bridgehead atoms. The van der Waals surface area contributed by atoms with Gasteiger partial charge in [0.15, 0.2) is 0 Å². The Labute approximate surface area is 238 Å². The quantitative estimate of drug-likeness (QED) is 0.429. The van der Waals surface area contributed by atoms with Crippen LogP contribution < -0.4 is 5.56 Å². The maximum Gasteiger partial charge on any atom is 0.320 e. The van der Waals surface area contributed by atoms with E-state index in [-0.39, 0.29) is 29.1 Å². The van der Waals surface area contributed by atoms with Gasteiger partial charge in [0, 0.05) is 73.6 Å². The monoisotopic (exact) mass is 559 g/mol. The SMILES string of the molecule is N=C1CCN(C(=O)N2CCN(Cc3ccc(-c4ccccc4)[nH]c3=O)C3(CCCC3)C2)[C@H](c2cc(F)ccc2F)C1. The van der Waals surface area contributed by atoms with Crippen molar-refractivity contribution in [2.75, 3.05) is 26.2 Å². The van der Waals surface area contributed by atoms with Crippen LogP contribution in [0, 0.1) is 17.0 Å². The summed E-state index contributed by atoms with van der Waals surface area (Å²) in [5, 5.41) is 8.21. The van der Waals surface area contributed by atoms with Gasteiger partial charge in [-0.15, -0.1) is 0 Å². The lowest BCUT2D eigenvalue weighted by atomic mass is 9.90. The number of pyridine rings is 1. The zero-order valence-electron chi connectivity index (χ0n) is 23.0. The smallest absolute Gasteiger partial charge is 0.320 e. The molecule has 6 rings (SSSR count). The van der Waals surface area contributed by atoms with Crippen molar-refractivity contribution in [2.45, 2.75) is 56.7 Å². The first-order valence-corrected chi connectivity index (χ1v) is 14.4. The number of rotatable bonds is 4. The predicted octanol–water partition coefficient (Wildman–Crippen LogP) is 5.73. The van der Waals surface area contributed by atoms with Gasteiger partial charge in [0.25, 0.3) is 5.56 Å². The second-order valence-corrected chi connectivity index (χ2v) is 11.6. The van der Waals surface area contributed by atoms with Crippen LogP contribution in [0.5, 0.6) is 0 Å². The van der Waals surface area contributed by atoms with Crippen LogP contribution in [0.4, 0.5) is 13.6 Å². The average molecular weight is 560 g/mol. The molecule has 7 nitrogen and oxygen atoms in total. The van der Waals surface area contributed by atoms with Gasteiger partial charge in [-0.1, -0.05) is 49.2 Å². The summed E-state index contributed by atoms with van der Waals surface area (Å²) in [5.41, 5.74) is 2.66. The van der Waals surface area contributed by atoms with Gasteiger partial charge in [0.1, 0.15) is 11.6 Å². The number of piperidine rings is 1. The van der Waals surface area contributed by atoms with E-state index >= 15 is 0 Å². The molecule has 3 heterocycles. The fraction of sp³-hybridized carbons (Fsp3) is 0.406. The van der Waals surface area contributed by atoms with Crippen molar-refractivity contribution in [2.24, 2.45) is 0 Å². The van der Waals surface area contributed by atoms with Gasteiger partial charge in [-0.25, -0.2) is 13.6 Å². The Kier molecular flexibility index (Phi) is 7.46. The van der Waals surface area contributed by atoms with E-state index < -0.39 is 17.7 Å². The number of aromatic nitrogens is 1. The summed E-state index contributed by atoms with van der Waals surface area (Å²) in [5.74, 6) is -1.12. The van der Waals surface area contributed by atoms with Crippen LogP contribution in [0.25, 0.3) is 11.3 Å². The van der Waals surface area contributed by atoms with E-state index in [1.54, 1.807) is 4.90 Å². The molecular weight excluding hydrogens is 524 g/mol. The minimum atomic E-state index is -0.710. The molecule has 214 valence electrons. The number of nitrogens with one attached hydrogen (secondary N) is 2. The highest BCUT2D eigenvalue weighted by Crippen LogP contribution is 2.40. The Bertz CT molecular complexity index is 1500. The molecule has 1 saturated carbocycles.